The van der Waals surface area contributed by atoms with Gasteiger partial charge in [-0.1, -0.05) is 90.4 Å². The SMILES string of the molecule is CCCCCCCCCCCCCCCC(N)(N)C(O)C(O)CO. The summed E-state index contributed by atoms with van der Waals surface area (Å²) in [6.45, 7) is 1.72. The van der Waals surface area contributed by atoms with Crippen molar-refractivity contribution in [3.05, 3.63) is 0 Å². The minimum absolute atomic E-state index is 0.447. The maximum atomic E-state index is 9.78. The van der Waals surface area contributed by atoms with Gasteiger partial charge in [0.05, 0.1) is 12.3 Å². The first-order chi connectivity index (χ1) is 11.5. The highest BCUT2D eigenvalue weighted by Gasteiger charge is 2.33. The van der Waals surface area contributed by atoms with Crippen LogP contribution >= 0.6 is 0 Å². The van der Waals surface area contributed by atoms with Crippen LogP contribution in [0, 0.1) is 0 Å². The second kappa shape index (κ2) is 15.1. The van der Waals surface area contributed by atoms with Crippen molar-refractivity contribution in [3.63, 3.8) is 0 Å². The number of aliphatic hydroxyl groups excluding tert-OH is 3. The number of hydrogen-bond acceptors (Lipinski definition) is 5. The van der Waals surface area contributed by atoms with Crippen LogP contribution in [0.3, 0.4) is 0 Å². The molecule has 0 fully saturated rings. The lowest BCUT2D eigenvalue weighted by atomic mass is 9.93. The van der Waals surface area contributed by atoms with Crippen LogP contribution in [0.5, 0.6) is 0 Å². The molecule has 0 aromatic carbocycles. The maximum Gasteiger partial charge on any atom is 0.113 e. The number of rotatable bonds is 17. The van der Waals surface area contributed by atoms with E-state index < -0.39 is 24.5 Å². The highest BCUT2D eigenvalue weighted by atomic mass is 16.4. The molecule has 5 nitrogen and oxygen atoms in total. The molecule has 0 heterocycles. The number of unbranched alkanes of at least 4 members (excludes halogenated alkanes) is 12. The fourth-order valence-electron chi connectivity index (χ4n) is 3.05. The molecule has 2 atom stereocenters. The van der Waals surface area contributed by atoms with Crippen molar-refractivity contribution in [2.75, 3.05) is 6.61 Å². The highest BCUT2D eigenvalue weighted by Crippen LogP contribution is 2.16. The lowest BCUT2D eigenvalue weighted by Gasteiger charge is -2.32. The third-order valence-corrected chi connectivity index (χ3v) is 4.82. The van der Waals surface area contributed by atoms with Crippen LogP contribution in [-0.4, -0.2) is 39.8 Å². The van der Waals surface area contributed by atoms with E-state index in [4.69, 9.17) is 16.6 Å². The minimum Gasteiger partial charge on any atom is -0.394 e. The zero-order valence-electron chi connectivity index (χ0n) is 15.8. The quantitative estimate of drug-likeness (QED) is 0.205. The van der Waals surface area contributed by atoms with Gasteiger partial charge in [0, 0.05) is 0 Å². The van der Waals surface area contributed by atoms with E-state index in [2.05, 4.69) is 6.92 Å². The summed E-state index contributed by atoms with van der Waals surface area (Å²) in [6.07, 6.45) is 14.4. The molecule has 0 aromatic heterocycles. The second-order valence-corrected chi connectivity index (χ2v) is 7.30. The molecular formula is C19H42N2O3. The summed E-state index contributed by atoms with van der Waals surface area (Å²) in [5.41, 5.74) is 10.3. The summed E-state index contributed by atoms with van der Waals surface area (Å²) < 4.78 is 0. The summed E-state index contributed by atoms with van der Waals surface area (Å²) in [6, 6.07) is 0. The summed E-state index contributed by atoms with van der Waals surface area (Å²) in [5, 5.41) is 28.0. The van der Waals surface area contributed by atoms with Gasteiger partial charge in [0.25, 0.3) is 0 Å². The van der Waals surface area contributed by atoms with E-state index in [0.29, 0.717) is 6.42 Å². The van der Waals surface area contributed by atoms with E-state index in [-0.39, 0.29) is 0 Å². The molecule has 0 aromatic rings. The van der Waals surface area contributed by atoms with Gasteiger partial charge in [0.15, 0.2) is 0 Å². The zero-order chi connectivity index (χ0) is 18.3. The molecule has 5 heteroatoms. The Balaban J connectivity index is 3.41. The van der Waals surface area contributed by atoms with Crippen molar-refractivity contribution in [1.82, 2.24) is 0 Å². The molecule has 7 N–H and O–H groups in total. The van der Waals surface area contributed by atoms with Crippen LogP contribution in [-0.2, 0) is 0 Å². The predicted molar refractivity (Wildman–Crippen MR) is 101 cm³/mol. The Hall–Kier alpha value is -0.200. The van der Waals surface area contributed by atoms with Gasteiger partial charge in [-0.15, -0.1) is 0 Å². The van der Waals surface area contributed by atoms with E-state index in [9.17, 15) is 10.2 Å². The molecule has 0 saturated heterocycles. The van der Waals surface area contributed by atoms with Crippen molar-refractivity contribution < 1.29 is 15.3 Å². The molecule has 0 rings (SSSR count). The zero-order valence-corrected chi connectivity index (χ0v) is 15.8. The number of aliphatic hydroxyl groups is 3. The highest BCUT2D eigenvalue weighted by molar-refractivity contribution is 4.89. The van der Waals surface area contributed by atoms with Gasteiger partial charge in [0.2, 0.25) is 0 Å². The summed E-state index contributed by atoms with van der Waals surface area (Å²) >= 11 is 0. The van der Waals surface area contributed by atoms with Crippen LogP contribution < -0.4 is 11.5 Å². The molecule has 0 saturated carbocycles. The first-order valence-electron chi connectivity index (χ1n) is 10.0. The Kier molecular flexibility index (Phi) is 15.0. The van der Waals surface area contributed by atoms with Crippen molar-refractivity contribution in [3.8, 4) is 0 Å². The Labute approximate surface area is 148 Å². The summed E-state index contributed by atoms with van der Waals surface area (Å²) in [7, 11) is 0. The fourth-order valence-corrected chi connectivity index (χ4v) is 3.05. The molecular weight excluding hydrogens is 304 g/mol. The Bertz CT molecular complexity index is 275. The molecule has 0 aliphatic rings. The maximum absolute atomic E-state index is 9.78. The fraction of sp³-hybridized carbons (Fsp3) is 1.00. The Morgan fingerprint density at radius 3 is 1.46 bits per heavy atom. The molecule has 0 radical (unpaired) electrons. The van der Waals surface area contributed by atoms with Crippen LogP contribution in [0.15, 0.2) is 0 Å². The van der Waals surface area contributed by atoms with Crippen LogP contribution in [0.25, 0.3) is 0 Å². The van der Waals surface area contributed by atoms with E-state index in [1.54, 1.807) is 0 Å². The average molecular weight is 347 g/mol. The average Bonchev–Trinajstić information content (AvgIpc) is 2.57. The van der Waals surface area contributed by atoms with Gasteiger partial charge in [0.1, 0.15) is 12.2 Å². The molecule has 146 valence electrons. The molecule has 0 amide bonds. The topological polar surface area (TPSA) is 113 Å². The lowest BCUT2D eigenvalue weighted by Crippen LogP contribution is -2.63. The molecule has 0 aliphatic carbocycles. The molecule has 24 heavy (non-hydrogen) atoms. The smallest absolute Gasteiger partial charge is 0.113 e. The largest absolute Gasteiger partial charge is 0.394 e. The first kappa shape index (κ1) is 23.8. The van der Waals surface area contributed by atoms with E-state index >= 15 is 0 Å². The van der Waals surface area contributed by atoms with Crippen molar-refractivity contribution in [2.24, 2.45) is 11.5 Å². The number of nitrogens with two attached hydrogens (primary N) is 2. The van der Waals surface area contributed by atoms with Crippen molar-refractivity contribution in [1.29, 1.82) is 0 Å². The standard InChI is InChI=1S/C19H42N2O3/c1-2-3-4-5-6-7-8-9-10-11-12-13-14-15-19(20,21)18(24)17(23)16-22/h17-18,22-24H,2-16,20-21H2,1H3. The van der Waals surface area contributed by atoms with E-state index in [1.807, 2.05) is 0 Å². The van der Waals surface area contributed by atoms with Gasteiger partial charge in [-0.2, -0.15) is 0 Å². The van der Waals surface area contributed by atoms with Gasteiger partial charge in [-0.25, -0.2) is 0 Å². The Morgan fingerprint density at radius 2 is 1.08 bits per heavy atom. The van der Waals surface area contributed by atoms with Gasteiger partial charge < -0.3 is 26.8 Å². The molecule has 2 unspecified atom stereocenters. The normalized spacial score (nSPS) is 14.8. The molecule has 0 aliphatic heterocycles. The summed E-state index contributed by atoms with van der Waals surface area (Å²) in [4.78, 5) is 0. The first-order valence-corrected chi connectivity index (χ1v) is 10.0. The van der Waals surface area contributed by atoms with Gasteiger partial charge in [-0.05, 0) is 6.42 Å². The third-order valence-electron chi connectivity index (χ3n) is 4.82. The van der Waals surface area contributed by atoms with Crippen LogP contribution in [0.2, 0.25) is 0 Å². The van der Waals surface area contributed by atoms with Gasteiger partial charge in [-0.3, -0.25) is 0 Å². The van der Waals surface area contributed by atoms with Crippen molar-refractivity contribution >= 4 is 0 Å². The monoisotopic (exact) mass is 346 g/mol. The van der Waals surface area contributed by atoms with E-state index in [0.717, 1.165) is 19.3 Å². The lowest BCUT2D eigenvalue weighted by molar-refractivity contribution is -0.0540. The Morgan fingerprint density at radius 1 is 0.708 bits per heavy atom. The minimum atomic E-state index is -1.33. The predicted octanol–water partition coefficient (Wildman–Crippen LogP) is 2.80. The molecule has 0 spiro atoms. The number of hydrogen-bond donors (Lipinski definition) is 5. The second-order valence-electron chi connectivity index (χ2n) is 7.30. The van der Waals surface area contributed by atoms with Crippen molar-refractivity contribution in [2.45, 2.75) is 115 Å². The van der Waals surface area contributed by atoms with E-state index in [1.165, 1.54) is 64.2 Å². The van der Waals surface area contributed by atoms with Crippen LogP contribution in [0.4, 0.5) is 0 Å². The molecule has 0 bridgehead atoms. The third kappa shape index (κ3) is 12.2. The van der Waals surface area contributed by atoms with Gasteiger partial charge >= 0.3 is 0 Å². The van der Waals surface area contributed by atoms with Crippen LogP contribution in [0.1, 0.15) is 96.8 Å². The summed E-state index contributed by atoms with van der Waals surface area (Å²) in [5.74, 6) is 0.